The predicted molar refractivity (Wildman–Crippen MR) is 97.5 cm³/mol. The van der Waals surface area contributed by atoms with E-state index in [4.69, 9.17) is 9.47 Å². The van der Waals surface area contributed by atoms with Gasteiger partial charge in [0.1, 0.15) is 13.2 Å². The second-order valence-electron chi connectivity index (χ2n) is 6.49. The molecular weight excluding hydrogens is 336 g/mol. The normalized spacial score (nSPS) is 20.2. The van der Waals surface area contributed by atoms with Gasteiger partial charge in [0.05, 0.1) is 0 Å². The van der Waals surface area contributed by atoms with E-state index in [-0.39, 0.29) is 11.9 Å². The quantitative estimate of drug-likeness (QED) is 0.913. The number of nitrogens with one attached hydrogen (secondary N) is 1. The highest BCUT2D eigenvalue weighted by Gasteiger charge is 2.23. The molecule has 1 fully saturated rings. The molecular formula is C19H22N2O3S. The summed E-state index contributed by atoms with van der Waals surface area (Å²) in [7, 11) is 0. The topological polar surface area (TPSA) is 50.8 Å². The van der Waals surface area contributed by atoms with Crippen LogP contribution >= 0.6 is 11.3 Å². The fourth-order valence-corrected chi connectivity index (χ4v) is 4.14. The van der Waals surface area contributed by atoms with Crippen LogP contribution < -0.4 is 14.8 Å². The van der Waals surface area contributed by atoms with E-state index in [9.17, 15) is 4.79 Å². The molecule has 0 bridgehead atoms. The Balaban J connectivity index is 1.37. The lowest BCUT2D eigenvalue weighted by Crippen LogP contribution is -2.47. The number of amides is 1. The molecule has 2 aliphatic rings. The first-order valence-electron chi connectivity index (χ1n) is 8.73. The van der Waals surface area contributed by atoms with Crippen molar-refractivity contribution in [1.29, 1.82) is 0 Å². The Morgan fingerprint density at radius 2 is 2.12 bits per heavy atom. The predicted octanol–water partition coefficient (Wildman–Crippen LogP) is 2.91. The number of rotatable bonds is 4. The maximum Gasteiger partial charge on any atom is 0.251 e. The van der Waals surface area contributed by atoms with Gasteiger partial charge in [0, 0.05) is 29.6 Å². The molecule has 1 aromatic carbocycles. The van der Waals surface area contributed by atoms with Crippen LogP contribution in [0.5, 0.6) is 11.5 Å². The van der Waals surface area contributed by atoms with Crippen molar-refractivity contribution >= 4 is 17.2 Å². The zero-order valence-electron chi connectivity index (χ0n) is 14.1. The van der Waals surface area contributed by atoms with E-state index in [0.29, 0.717) is 30.3 Å². The Hall–Kier alpha value is -2.05. The second kappa shape index (κ2) is 7.45. The molecule has 1 N–H and O–H groups in total. The highest BCUT2D eigenvalue weighted by molar-refractivity contribution is 7.09. The van der Waals surface area contributed by atoms with Crippen LogP contribution in [0.2, 0.25) is 0 Å². The lowest BCUT2D eigenvalue weighted by Gasteiger charge is -2.32. The number of hydrogen-bond donors (Lipinski definition) is 1. The minimum absolute atomic E-state index is 0.0417. The van der Waals surface area contributed by atoms with Gasteiger partial charge in [-0.3, -0.25) is 9.69 Å². The minimum Gasteiger partial charge on any atom is -0.486 e. The molecule has 0 aliphatic carbocycles. The van der Waals surface area contributed by atoms with Crippen molar-refractivity contribution in [2.75, 3.05) is 26.3 Å². The number of likely N-dealkylation sites (tertiary alicyclic amines) is 1. The van der Waals surface area contributed by atoms with E-state index in [0.717, 1.165) is 32.5 Å². The number of hydrogen-bond acceptors (Lipinski definition) is 5. The monoisotopic (exact) mass is 358 g/mol. The number of carbonyl (C=O) groups excluding carboxylic acids is 1. The maximum absolute atomic E-state index is 12.6. The number of ether oxygens (including phenoxy) is 2. The zero-order valence-corrected chi connectivity index (χ0v) is 14.9. The third-order valence-electron chi connectivity index (χ3n) is 4.60. The minimum atomic E-state index is -0.0417. The first-order chi connectivity index (χ1) is 12.3. The number of carbonyl (C=O) groups is 1. The molecule has 0 radical (unpaired) electrons. The Bertz CT molecular complexity index is 732. The van der Waals surface area contributed by atoms with Crippen LogP contribution in [0.4, 0.5) is 0 Å². The average Bonchev–Trinajstić information content (AvgIpc) is 3.14. The van der Waals surface area contributed by atoms with Crippen LogP contribution in [-0.4, -0.2) is 43.2 Å². The van der Waals surface area contributed by atoms with Crippen molar-refractivity contribution in [3.63, 3.8) is 0 Å². The van der Waals surface area contributed by atoms with Gasteiger partial charge in [0.2, 0.25) is 0 Å². The standard InChI is InChI=1S/C19H22N2O3S/c22-19(14-5-6-17-18(11-14)24-9-8-23-17)20-15-3-1-7-21(12-15)13-16-4-2-10-25-16/h2,4-6,10-11,15H,1,3,7-9,12-13H2,(H,20,22)/t15-/m1/s1. The average molecular weight is 358 g/mol. The van der Waals surface area contributed by atoms with Crippen LogP contribution in [0.1, 0.15) is 28.1 Å². The third-order valence-corrected chi connectivity index (χ3v) is 5.47. The highest BCUT2D eigenvalue weighted by atomic mass is 32.1. The van der Waals surface area contributed by atoms with Crippen molar-refractivity contribution < 1.29 is 14.3 Å². The Morgan fingerprint density at radius 3 is 2.96 bits per heavy atom. The maximum atomic E-state index is 12.6. The van der Waals surface area contributed by atoms with Crippen LogP contribution in [0.15, 0.2) is 35.7 Å². The van der Waals surface area contributed by atoms with E-state index < -0.39 is 0 Å². The number of thiophene rings is 1. The molecule has 2 aliphatic heterocycles. The highest BCUT2D eigenvalue weighted by Crippen LogP contribution is 2.30. The van der Waals surface area contributed by atoms with E-state index in [1.165, 1.54) is 4.88 Å². The lowest BCUT2D eigenvalue weighted by atomic mass is 10.0. The summed E-state index contributed by atoms with van der Waals surface area (Å²) in [6, 6.07) is 9.83. The van der Waals surface area contributed by atoms with Crippen molar-refractivity contribution in [1.82, 2.24) is 10.2 Å². The number of fused-ring (bicyclic) bond motifs is 1. The lowest BCUT2D eigenvalue weighted by molar-refractivity contribution is 0.0900. The molecule has 2 aromatic rings. The van der Waals surface area contributed by atoms with E-state index in [2.05, 4.69) is 27.7 Å². The summed E-state index contributed by atoms with van der Waals surface area (Å²) >= 11 is 1.79. The summed E-state index contributed by atoms with van der Waals surface area (Å²) in [6.45, 7) is 4.04. The van der Waals surface area contributed by atoms with Crippen LogP contribution in [-0.2, 0) is 6.54 Å². The molecule has 4 rings (SSSR count). The van der Waals surface area contributed by atoms with E-state index in [1.54, 1.807) is 23.5 Å². The first-order valence-corrected chi connectivity index (χ1v) is 9.61. The van der Waals surface area contributed by atoms with Crippen molar-refractivity contribution in [2.24, 2.45) is 0 Å². The Labute approximate surface area is 151 Å². The molecule has 0 unspecified atom stereocenters. The van der Waals surface area contributed by atoms with Gasteiger partial charge in [-0.1, -0.05) is 6.07 Å². The van der Waals surface area contributed by atoms with Gasteiger partial charge >= 0.3 is 0 Å². The molecule has 0 spiro atoms. The first kappa shape index (κ1) is 16.4. The molecule has 25 heavy (non-hydrogen) atoms. The summed E-state index contributed by atoms with van der Waals surface area (Å²) in [5.41, 5.74) is 0.625. The van der Waals surface area contributed by atoms with Crippen LogP contribution in [0.3, 0.4) is 0 Å². The smallest absolute Gasteiger partial charge is 0.251 e. The fourth-order valence-electron chi connectivity index (χ4n) is 3.39. The van der Waals surface area contributed by atoms with Crippen LogP contribution in [0, 0.1) is 0 Å². The number of nitrogens with zero attached hydrogens (tertiary/aromatic N) is 1. The fraction of sp³-hybridized carbons (Fsp3) is 0.421. The molecule has 5 nitrogen and oxygen atoms in total. The molecule has 1 aromatic heterocycles. The van der Waals surface area contributed by atoms with Crippen molar-refractivity contribution in [3.8, 4) is 11.5 Å². The van der Waals surface area contributed by atoms with Gasteiger partial charge in [-0.2, -0.15) is 0 Å². The van der Waals surface area contributed by atoms with Gasteiger partial charge in [0.15, 0.2) is 11.5 Å². The van der Waals surface area contributed by atoms with Gasteiger partial charge in [0.25, 0.3) is 5.91 Å². The summed E-state index contributed by atoms with van der Waals surface area (Å²) in [5.74, 6) is 1.32. The molecule has 1 saturated heterocycles. The molecule has 3 heterocycles. The van der Waals surface area contributed by atoms with Crippen molar-refractivity contribution in [3.05, 3.63) is 46.2 Å². The SMILES string of the molecule is O=C(N[C@@H]1CCCN(Cc2cccs2)C1)c1ccc2c(c1)OCCO2. The van der Waals surface area contributed by atoms with Gasteiger partial charge in [-0.15, -0.1) is 11.3 Å². The Kier molecular flexibility index (Phi) is 4.90. The van der Waals surface area contributed by atoms with Gasteiger partial charge < -0.3 is 14.8 Å². The zero-order chi connectivity index (χ0) is 17.1. The van der Waals surface area contributed by atoms with E-state index >= 15 is 0 Å². The number of piperidine rings is 1. The summed E-state index contributed by atoms with van der Waals surface area (Å²) in [5, 5.41) is 5.29. The molecule has 1 atom stereocenters. The summed E-state index contributed by atoms with van der Waals surface area (Å²) < 4.78 is 11.1. The summed E-state index contributed by atoms with van der Waals surface area (Å²) in [4.78, 5) is 16.4. The van der Waals surface area contributed by atoms with Gasteiger partial charge in [-0.25, -0.2) is 0 Å². The largest absolute Gasteiger partial charge is 0.486 e. The van der Waals surface area contributed by atoms with Gasteiger partial charge in [-0.05, 0) is 49.0 Å². The number of benzene rings is 1. The van der Waals surface area contributed by atoms with Crippen molar-refractivity contribution in [2.45, 2.75) is 25.4 Å². The van der Waals surface area contributed by atoms with E-state index in [1.807, 2.05) is 6.07 Å². The molecule has 132 valence electrons. The second-order valence-corrected chi connectivity index (χ2v) is 7.52. The Morgan fingerprint density at radius 1 is 1.24 bits per heavy atom. The molecule has 0 saturated carbocycles. The third kappa shape index (κ3) is 3.96. The molecule has 6 heteroatoms. The summed E-state index contributed by atoms with van der Waals surface area (Å²) in [6.07, 6.45) is 2.13. The van der Waals surface area contributed by atoms with Crippen LogP contribution in [0.25, 0.3) is 0 Å². The molecule has 1 amide bonds.